The lowest BCUT2D eigenvalue weighted by atomic mass is 10.7. The van der Waals surface area contributed by atoms with E-state index in [-0.39, 0.29) is 5.34 Å². The van der Waals surface area contributed by atoms with E-state index in [4.69, 9.17) is 28.9 Å². The maximum atomic E-state index is 5.16. The average Bonchev–Trinajstić information content (AvgIpc) is 2.20. The van der Waals surface area contributed by atoms with Crippen molar-refractivity contribution in [1.82, 2.24) is 10.2 Å². The van der Waals surface area contributed by atoms with E-state index in [1.165, 1.54) is 0 Å². The van der Waals surface area contributed by atoms with Gasteiger partial charge in [-0.1, -0.05) is 0 Å². The van der Waals surface area contributed by atoms with Crippen molar-refractivity contribution in [2.75, 3.05) is 11.1 Å². The molecule has 0 aliphatic heterocycles. The van der Waals surface area contributed by atoms with Crippen molar-refractivity contribution in [3.05, 3.63) is 12.3 Å². The Morgan fingerprint density at radius 1 is 1.67 bits per heavy atom. The standard InChI is InChI=1S/C3H5N3.CH2Cl2/c4-3-1-2-5-6-3;2-1-3/h1-2H,(H3,4,5,6);1H2. The monoisotopic (exact) mass is 167 g/mol. The van der Waals surface area contributed by atoms with E-state index in [2.05, 4.69) is 10.2 Å². The van der Waals surface area contributed by atoms with Gasteiger partial charge in [0, 0.05) is 0 Å². The molecule has 0 fully saturated rings. The highest BCUT2D eigenvalue weighted by atomic mass is 35.5. The molecule has 0 radical (unpaired) electrons. The second-order valence-corrected chi connectivity index (χ2v) is 1.92. The molecule has 1 heterocycles. The van der Waals surface area contributed by atoms with Gasteiger partial charge in [0.25, 0.3) is 0 Å². The molecule has 0 amide bonds. The van der Waals surface area contributed by atoms with Gasteiger partial charge in [-0.15, -0.1) is 23.2 Å². The molecular weight excluding hydrogens is 161 g/mol. The molecule has 0 bridgehead atoms. The maximum absolute atomic E-state index is 5.16. The Labute approximate surface area is 63.1 Å². The lowest BCUT2D eigenvalue weighted by Gasteiger charge is -1.70. The Hall–Kier alpha value is -0.410. The lowest BCUT2D eigenvalue weighted by molar-refractivity contribution is 1.10. The molecule has 1 aromatic rings. The third-order valence-electron chi connectivity index (χ3n) is 0.522. The van der Waals surface area contributed by atoms with Crippen LogP contribution in [0.2, 0.25) is 0 Å². The van der Waals surface area contributed by atoms with E-state index in [0.29, 0.717) is 5.82 Å². The fourth-order valence-electron chi connectivity index (χ4n) is 0.267. The Morgan fingerprint density at radius 2 is 2.22 bits per heavy atom. The summed E-state index contributed by atoms with van der Waals surface area (Å²) in [5.41, 5.74) is 5.16. The van der Waals surface area contributed by atoms with Crippen molar-refractivity contribution < 1.29 is 0 Å². The van der Waals surface area contributed by atoms with Gasteiger partial charge in [0.1, 0.15) is 5.82 Å². The molecule has 9 heavy (non-hydrogen) atoms. The predicted molar refractivity (Wildman–Crippen MR) is 39.6 cm³/mol. The van der Waals surface area contributed by atoms with Gasteiger partial charge in [0.15, 0.2) is 0 Å². The zero-order chi connectivity index (χ0) is 7.11. The highest BCUT2D eigenvalue weighted by Gasteiger charge is 1.74. The Balaban J connectivity index is 0.000000187. The third kappa shape index (κ3) is 5.46. The third-order valence-corrected chi connectivity index (χ3v) is 0.522. The molecular formula is C4H7Cl2N3. The van der Waals surface area contributed by atoms with Gasteiger partial charge in [-0.05, 0) is 6.07 Å². The first-order chi connectivity index (χ1) is 4.31. The quantitative estimate of drug-likeness (QED) is 0.575. The molecule has 52 valence electrons. The summed E-state index contributed by atoms with van der Waals surface area (Å²) in [5, 5.41) is 6.29. The summed E-state index contributed by atoms with van der Waals surface area (Å²) in [6, 6.07) is 1.69. The maximum Gasteiger partial charge on any atom is 0.118 e. The second-order valence-electron chi connectivity index (χ2n) is 1.11. The normalized spacial score (nSPS) is 7.78. The van der Waals surface area contributed by atoms with Crippen LogP contribution in [0.25, 0.3) is 0 Å². The molecule has 1 aromatic heterocycles. The highest BCUT2D eigenvalue weighted by Crippen LogP contribution is 1.86. The van der Waals surface area contributed by atoms with Crippen molar-refractivity contribution in [2.24, 2.45) is 0 Å². The number of alkyl halides is 2. The van der Waals surface area contributed by atoms with Gasteiger partial charge in [0.05, 0.1) is 11.5 Å². The molecule has 3 N–H and O–H groups in total. The van der Waals surface area contributed by atoms with E-state index in [1.54, 1.807) is 12.3 Å². The predicted octanol–water partition coefficient (Wildman–Crippen LogP) is 1.41. The number of nitrogen functional groups attached to an aromatic ring is 1. The van der Waals surface area contributed by atoms with Crippen LogP contribution in [0.5, 0.6) is 0 Å². The van der Waals surface area contributed by atoms with Gasteiger partial charge >= 0.3 is 0 Å². The summed E-state index contributed by atoms with van der Waals surface area (Å²) in [5.74, 6) is 0.606. The number of hydrogen-bond acceptors (Lipinski definition) is 2. The Bertz CT molecular complexity index is 128. The second kappa shape index (κ2) is 5.72. The van der Waals surface area contributed by atoms with Crippen molar-refractivity contribution in [2.45, 2.75) is 0 Å². The van der Waals surface area contributed by atoms with Gasteiger partial charge < -0.3 is 5.73 Å². The van der Waals surface area contributed by atoms with Crippen LogP contribution < -0.4 is 5.73 Å². The van der Waals surface area contributed by atoms with Crippen LogP contribution in [0.15, 0.2) is 12.3 Å². The molecule has 3 nitrogen and oxygen atoms in total. The first-order valence-electron chi connectivity index (χ1n) is 2.18. The van der Waals surface area contributed by atoms with Crippen LogP contribution in [-0.4, -0.2) is 15.5 Å². The number of nitrogens with zero attached hydrogens (tertiary/aromatic N) is 1. The molecule has 5 heteroatoms. The molecule has 0 aliphatic rings. The van der Waals surface area contributed by atoms with Crippen molar-refractivity contribution >= 4 is 29.0 Å². The number of nitrogens with two attached hydrogens (primary N) is 1. The molecule has 0 spiro atoms. The number of rotatable bonds is 0. The van der Waals surface area contributed by atoms with Crippen LogP contribution in [0.4, 0.5) is 5.82 Å². The van der Waals surface area contributed by atoms with E-state index in [0.717, 1.165) is 0 Å². The summed E-state index contributed by atoms with van der Waals surface area (Å²) in [4.78, 5) is 0. The summed E-state index contributed by atoms with van der Waals surface area (Å²) in [6.45, 7) is 0. The molecule has 0 unspecified atom stereocenters. The molecule has 0 aliphatic carbocycles. The first kappa shape index (κ1) is 8.59. The minimum Gasteiger partial charge on any atom is -0.384 e. The summed E-state index contributed by atoms with van der Waals surface area (Å²) in [7, 11) is 0. The number of aromatic nitrogens is 2. The largest absolute Gasteiger partial charge is 0.384 e. The number of hydrogen-bond donors (Lipinski definition) is 2. The minimum atomic E-state index is 0.194. The van der Waals surface area contributed by atoms with E-state index < -0.39 is 0 Å². The fourth-order valence-corrected chi connectivity index (χ4v) is 0.267. The number of aromatic amines is 1. The van der Waals surface area contributed by atoms with Crippen LogP contribution in [-0.2, 0) is 0 Å². The van der Waals surface area contributed by atoms with Crippen LogP contribution >= 0.6 is 23.2 Å². The Morgan fingerprint density at radius 3 is 2.33 bits per heavy atom. The van der Waals surface area contributed by atoms with Gasteiger partial charge in [-0.3, -0.25) is 5.10 Å². The topological polar surface area (TPSA) is 54.7 Å². The molecule has 0 saturated carbocycles. The summed E-state index contributed by atoms with van der Waals surface area (Å²) >= 11 is 9.53. The van der Waals surface area contributed by atoms with E-state index in [9.17, 15) is 0 Å². The lowest BCUT2D eigenvalue weighted by Crippen LogP contribution is -1.81. The van der Waals surface area contributed by atoms with Crippen molar-refractivity contribution in [1.29, 1.82) is 0 Å². The number of halogens is 2. The highest BCUT2D eigenvalue weighted by molar-refractivity contribution is 6.40. The summed E-state index contributed by atoms with van der Waals surface area (Å²) in [6.07, 6.45) is 1.61. The molecule has 0 aromatic carbocycles. The van der Waals surface area contributed by atoms with Gasteiger partial charge in [0.2, 0.25) is 0 Å². The zero-order valence-corrected chi connectivity index (χ0v) is 6.15. The first-order valence-corrected chi connectivity index (χ1v) is 3.25. The molecule has 0 atom stereocenters. The molecule has 1 rings (SSSR count). The number of H-pyrrole nitrogens is 1. The van der Waals surface area contributed by atoms with Crippen LogP contribution in [0, 0.1) is 0 Å². The number of nitrogens with one attached hydrogen (secondary N) is 1. The summed E-state index contributed by atoms with van der Waals surface area (Å²) < 4.78 is 0. The van der Waals surface area contributed by atoms with Gasteiger partial charge in [-0.25, -0.2) is 0 Å². The fraction of sp³-hybridized carbons (Fsp3) is 0.250. The van der Waals surface area contributed by atoms with Crippen molar-refractivity contribution in [3.8, 4) is 0 Å². The minimum absolute atomic E-state index is 0.194. The Kier molecular flexibility index (Phi) is 5.46. The SMILES string of the molecule is ClCCl.Nc1ccn[nH]1. The van der Waals surface area contributed by atoms with Gasteiger partial charge in [-0.2, -0.15) is 5.10 Å². The number of anilines is 1. The smallest absolute Gasteiger partial charge is 0.118 e. The average molecular weight is 168 g/mol. The van der Waals surface area contributed by atoms with Crippen LogP contribution in [0.3, 0.4) is 0 Å². The van der Waals surface area contributed by atoms with Crippen molar-refractivity contribution in [3.63, 3.8) is 0 Å². The zero-order valence-electron chi connectivity index (χ0n) is 4.64. The van der Waals surface area contributed by atoms with E-state index in [1.807, 2.05) is 0 Å². The van der Waals surface area contributed by atoms with E-state index >= 15 is 0 Å². The van der Waals surface area contributed by atoms with Crippen LogP contribution in [0.1, 0.15) is 0 Å². The molecule has 0 saturated heterocycles.